The normalized spacial score (nSPS) is 10.9. The molecule has 0 N–H and O–H groups in total. The largest absolute Gasteiger partial charge is 0.673 e. The minimum atomic E-state index is -6.00. The van der Waals surface area contributed by atoms with E-state index in [1.807, 2.05) is 0 Å². The van der Waals surface area contributed by atoms with E-state index in [0.717, 1.165) is 13.0 Å². The lowest BCUT2D eigenvalue weighted by atomic mass is 10.0. The van der Waals surface area contributed by atoms with Crippen LogP contribution < -0.4 is 4.57 Å². The van der Waals surface area contributed by atoms with Crippen LogP contribution in [0.2, 0.25) is 0 Å². The number of halogens is 4. The fourth-order valence-electron chi connectivity index (χ4n) is 3.57. The summed E-state index contributed by atoms with van der Waals surface area (Å²) in [5, 5.41) is 0. The zero-order chi connectivity index (χ0) is 23.0. The Hall–Kier alpha value is -3.41. The molecule has 0 radical (unpaired) electrons. The Bertz CT molecular complexity index is 1110. The Kier molecular flexibility index (Phi) is 7.82. The summed E-state index contributed by atoms with van der Waals surface area (Å²) in [6.45, 7) is 3.11. The Balaban J connectivity index is 0.000000523. The van der Waals surface area contributed by atoms with E-state index in [9.17, 15) is 17.3 Å². The summed E-state index contributed by atoms with van der Waals surface area (Å²) in [6.07, 6.45) is 0.993. The lowest BCUT2D eigenvalue weighted by Crippen LogP contribution is -2.41. The number of aromatic nitrogens is 1. The van der Waals surface area contributed by atoms with Gasteiger partial charge in [0.15, 0.2) is 12.2 Å². The molecule has 1 aromatic heterocycles. The highest BCUT2D eigenvalue weighted by atomic mass is 19.5. The van der Waals surface area contributed by atoms with Gasteiger partial charge >= 0.3 is 7.25 Å². The predicted octanol–water partition coefficient (Wildman–Crippen LogP) is 7.22. The van der Waals surface area contributed by atoms with Gasteiger partial charge in [-0.1, -0.05) is 85.8 Å². The molecule has 0 amide bonds. The zero-order valence-corrected chi connectivity index (χ0v) is 17.8. The van der Waals surface area contributed by atoms with E-state index in [-0.39, 0.29) is 0 Å². The number of benzene rings is 3. The van der Waals surface area contributed by atoms with E-state index in [4.69, 9.17) is 0 Å². The molecule has 0 fully saturated rings. The van der Waals surface area contributed by atoms with Gasteiger partial charge in [0, 0.05) is 29.7 Å². The molecule has 0 unspecified atom stereocenters. The zero-order valence-electron chi connectivity index (χ0n) is 17.8. The van der Waals surface area contributed by atoms with Gasteiger partial charge in [-0.3, -0.25) is 0 Å². The smallest absolute Gasteiger partial charge is 0.418 e. The molecule has 164 valence electrons. The van der Waals surface area contributed by atoms with Crippen molar-refractivity contribution in [1.29, 1.82) is 0 Å². The van der Waals surface area contributed by atoms with Crippen LogP contribution in [0, 0.1) is 0 Å². The van der Waals surface area contributed by atoms with Crippen LogP contribution in [0.5, 0.6) is 0 Å². The highest BCUT2D eigenvalue weighted by molar-refractivity contribution is 6.50. The molecule has 1 nitrogen and oxygen atoms in total. The Morgan fingerprint density at radius 3 is 1.59 bits per heavy atom. The third-order valence-electron chi connectivity index (χ3n) is 4.97. The molecule has 6 heteroatoms. The molecule has 0 spiro atoms. The van der Waals surface area contributed by atoms with E-state index in [2.05, 4.69) is 115 Å². The molecule has 4 rings (SSSR count). The predicted molar refractivity (Wildman–Crippen MR) is 123 cm³/mol. The average molecular weight is 437 g/mol. The first-order chi connectivity index (χ1) is 15.3. The standard InChI is InChI=1S/C26H24N.BF4/c1-2-25-18-24(22-14-8-4-9-15-22)19-26(23-16-10-5-11-17-23)27(25)20-21-12-6-3-7-13-21;2-1(3,4)5/h3-19H,2,20H2,1H3;/q+1;-1. The minimum Gasteiger partial charge on any atom is -0.418 e. The fourth-order valence-corrected chi connectivity index (χ4v) is 3.57. The molecule has 0 atom stereocenters. The van der Waals surface area contributed by atoms with Crippen molar-refractivity contribution in [3.63, 3.8) is 0 Å². The van der Waals surface area contributed by atoms with Crippen LogP contribution in [0.25, 0.3) is 22.4 Å². The molecular formula is C26H24BF4N. The van der Waals surface area contributed by atoms with Crippen molar-refractivity contribution in [2.75, 3.05) is 0 Å². The first-order valence-electron chi connectivity index (χ1n) is 10.4. The number of hydrogen-bond acceptors (Lipinski definition) is 0. The fraction of sp³-hybridized carbons (Fsp3) is 0.115. The van der Waals surface area contributed by atoms with Gasteiger partial charge in [-0.25, -0.2) is 0 Å². The summed E-state index contributed by atoms with van der Waals surface area (Å²) in [5.74, 6) is 0. The number of aryl methyl sites for hydroxylation is 1. The monoisotopic (exact) mass is 437 g/mol. The molecular weight excluding hydrogens is 413 g/mol. The molecule has 0 aliphatic heterocycles. The van der Waals surface area contributed by atoms with Crippen LogP contribution in [0.1, 0.15) is 18.2 Å². The van der Waals surface area contributed by atoms with Gasteiger partial charge < -0.3 is 17.3 Å². The number of nitrogens with zero attached hydrogens (tertiary/aromatic N) is 1. The second kappa shape index (κ2) is 10.8. The Labute approximate surface area is 186 Å². The summed E-state index contributed by atoms with van der Waals surface area (Å²) in [5.41, 5.74) is 7.71. The van der Waals surface area contributed by atoms with Crippen molar-refractivity contribution in [2.24, 2.45) is 0 Å². The maximum atomic E-state index is 9.75. The van der Waals surface area contributed by atoms with Crippen molar-refractivity contribution in [3.05, 3.63) is 114 Å². The van der Waals surface area contributed by atoms with Crippen LogP contribution in [0.3, 0.4) is 0 Å². The summed E-state index contributed by atoms with van der Waals surface area (Å²) in [7, 11) is -6.00. The lowest BCUT2D eigenvalue weighted by molar-refractivity contribution is -0.684. The van der Waals surface area contributed by atoms with Crippen LogP contribution in [0.15, 0.2) is 103 Å². The lowest BCUT2D eigenvalue weighted by Gasteiger charge is -2.12. The highest BCUT2D eigenvalue weighted by Gasteiger charge is 2.21. The summed E-state index contributed by atoms with van der Waals surface area (Å²) in [4.78, 5) is 0. The van der Waals surface area contributed by atoms with Crippen molar-refractivity contribution >= 4 is 7.25 Å². The quantitative estimate of drug-likeness (QED) is 0.176. The van der Waals surface area contributed by atoms with E-state index in [1.54, 1.807) is 0 Å². The van der Waals surface area contributed by atoms with E-state index < -0.39 is 7.25 Å². The molecule has 0 aliphatic rings. The van der Waals surface area contributed by atoms with Gasteiger partial charge in [0.25, 0.3) is 0 Å². The SMILES string of the molecule is CCc1cc(-c2ccccc2)cc(-c2ccccc2)[n+]1Cc1ccccc1.F[B-](F)(F)F. The summed E-state index contributed by atoms with van der Waals surface area (Å²) < 4.78 is 41.5. The first kappa shape index (κ1) is 23.3. The van der Waals surface area contributed by atoms with Crippen molar-refractivity contribution in [2.45, 2.75) is 19.9 Å². The van der Waals surface area contributed by atoms with E-state index in [0.29, 0.717) is 0 Å². The third kappa shape index (κ3) is 6.81. The van der Waals surface area contributed by atoms with Crippen molar-refractivity contribution in [1.82, 2.24) is 0 Å². The topological polar surface area (TPSA) is 3.88 Å². The van der Waals surface area contributed by atoms with Crippen LogP contribution in [0.4, 0.5) is 17.3 Å². The second-order valence-electron chi connectivity index (χ2n) is 7.27. The average Bonchev–Trinajstić information content (AvgIpc) is 2.80. The number of hydrogen-bond donors (Lipinski definition) is 0. The van der Waals surface area contributed by atoms with Gasteiger partial charge in [0.2, 0.25) is 5.69 Å². The molecule has 4 aromatic rings. The van der Waals surface area contributed by atoms with Gasteiger partial charge in [-0.15, -0.1) is 0 Å². The van der Waals surface area contributed by atoms with Crippen molar-refractivity contribution in [3.8, 4) is 22.4 Å². The van der Waals surface area contributed by atoms with Crippen molar-refractivity contribution < 1.29 is 21.8 Å². The maximum absolute atomic E-state index is 9.75. The maximum Gasteiger partial charge on any atom is 0.673 e. The van der Waals surface area contributed by atoms with Gasteiger partial charge in [-0.2, -0.15) is 4.57 Å². The molecule has 3 aromatic carbocycles. The molecule has 32 heavy (non-hydrogen) atoms. The van der Waals surface area contributed by atoms with Crippen LogP contribution >= 0.6 is 0 Å². The Morgan fingerprint density at radius 1 is 0.625 bits per heavy atom. The van der Waals surface area contributed by atoms with Gasteiger partial charge in [0.1, 0.15) is 0 Å². The molecule has 0 saturated heterocycles. The molecule has 0 saturated carbocycles. The minimum absolute atomic E-state index is 0.878. The molecule has 0 bridgehead atoms. The number of pyridine rings is 1. The number of rotatable bonds is 5. The second-order valence-corrected chi connectivity index (χ2v) is 7.27. The summed E-state index contributed by atoms with van der Waals surface area (Å²) >= 11 is 0. The van der Waals surface area contributed by atoms with E-state index >= 15 is 0 Å². The van der Waals surface area contributed by atoms with Gasteiger partial charge in [0.05, 0.1) is 0 Å². The van der Waals surface area contributed by atoms with Gasteiger partial charge in [-0.05, 0) is 23.3 Å². The molecule has 1 heterocycles. The summed E-state index contributed by atoms with van der Waals surface area (Å²) in [6, 6.07) is 36.7. The third-order valence-corrected chi connectivity index (χ3v) is 4.97. The Morgan fingerprint density at radius 2 is 1.09 bits per heavy atom. The first-order valence-corrected chi connectivity index (χ1v) is 10.4. The molecule has 0 aliphatic carbocycles. The highest BCUT2D eigenvalue weighted by Crippen LogP contribution is 2.25. The van der Waals surface area contributed by atoms with Crippen LogP contribution in [-0.2, 0) is 13.0 Å². The van der Waals surface area contributed by atoms with E-state index in [1.165, 1.54) is 33.6 Å². The van der Waals surface area contributed by atoms with Crippen LogP contribution in [-0.4, -0.2) is 7.25 Å².